The molecule has 1 rings (SSSR count). The molecule has 4 heteroatoms. The van der Waals surface area contributed by atoms with Crippen LogP contribution < -0.4 is 0 Å². The Morgan fingerprint density at radius 1 is 1.56 bits per heavy atom. The quantitative estimate of drug-likeness (QED) is 0.571. The van der Waals surface area contributed by atoms with E-state index < -0.39 is 11.9 Å². The van der Waals surface area contributed by atoms with Gasteiger partial charge in [-0.15, -0.1) is 0 Å². The second-order valence-corrected chi connectivity index (χ2v) is 2.97. The van der Waals surface area contributed by atoms with E-state index in [1.807, 2.05) is 24.3 Å². The van der Waals surface area contributed by atoms with Crippen LogP contribution >= 0.6 is 0 Å². The summed E-state index contributed by atoms with van der Waals surface area (Å²) in [6.07, 6.45) is 1.30. The first-order chi connectivity index (χ1) is 7.77. The van der Waals surface area contributed by atoms with Gasteiger partial charge in [0.1, 0.15) is 0 Å². The third-order valence-electron chi connectivity index (χ3n) is 1.81. The van der Waals surface area contributed by atoms with Crippen molar-refractivity contribution in [2.24, 2.45) is 10.9 Å². The highest BCUT2D eigenvalue weighted by Gasteiger charge is 2.16. The van der Waals surface area contributed by atoms with E-state index in [0.29, 0.717) is 5.69 Å². The normalized spacial score (nSPS) is 12.0. The van der Waals surface area contributed by atoms with Crippen molar-refractivity contribution in [2.45, 2.75) is 6.92 Å². The molecule has 0 radical (unpaired) electrons. The lowest BCUT2D eigenvalue weighted by atomic mass is 10.2. The first kappa shape index (κ1) is 11.9. The first-order valence-corrected chi connectivity index (χ1v) is 4.93. The Morgan fingerprint density at radius 2 is 2.25 bits per heavy atom. The number of nitrogens with zero attached hydrogens (tertiary/aromatic N) is 2. The average molecular weight is 216 g/mol. The minimum Gasteiger partial charge on any atom is -0.465 e. The van der Waals surface area contributed by atoms with Crippen LogP contribution in [0.25, 0.3) is 0 Å². The zero-order valence-corrected chi connectivity index (χ0v) is 8.96. The van der Waals surface area contributed by atoms with E-state index >= 15 is 0 Å². The molecule has 0 amide bonds. The highest BCUT2D eigenvalue weighted by Crippen LogP contribution is 2.09. The number of esters is 1. The molecule has 0 saturated carbocycles. The predicted octanol–water partition coefficient (Wildman–Crippen LogP) is 2.09. The maximum absolute atomic E-state index is 11.3. The van der Waals surface area contributed by atoms with Gasteiger partial charge in [-0.3, -0.25) is 9.79 Å². The lowest BCUT2D eigenvalue weighted by Crippen LogP contribution is -2.17. The SMILES string of the molecule is CCOC(=O)[C@@H](C#N)C=Nc1ccccc1. The van der Waals surface area contributed by atoms with Crippen molar-refractivity contribution >= 4 is 17.9 Å². The van der Waals surface area contributed by atoms with Crippen LogP contribution in [0.4, 0.5) is 5.69 Å². The van der Waals surface area contributed by atoms with Gasteiger partial charge in [0.2, 0.25) is 0 Å². The molecule has 0 saturated heterocycles. The second-order valence-electron chi connectivity index (χ2n) is 2.97. The second kappa shape index (κ2) is 6.36. The van der Waals surface area contributed by atoms with Crippen molar-refractivity contribution in [1.29, 1.82) is 5.26 Å². The van der Waals surface area contributed by atoms with Gasteiger partial charge < -0.3 is 4.74 Å². The Balaban J connectivity index is 2.68. The van der Waals surface area contributed by atoms with E-state index in [1.165, 1.54) is 6.21 Å². The van der Waals surface area contributed by atoms with E-state index in [1.54, 1.807) is 19.1 Å². The smallest absolute Gasteiger partial charge is 0.328 e. The van der Waals surface area contributed by atoms with Crippen LogP contribution in [0.5, 0.6) is 0 Å². The zero-order valence-electron chi connectivity index (χ0n) is 8.96. The Labute approximate surface area is 94.2 Å². The summed E-state index contributed by atoms with van der Waals surface area (Å²) in [7, 11) is 0. The van der Waals surface area contributed by atoms with Gasteiger partial charge >= 0.3 is 5.97 Å². The van der Waals surface area contributed by atoms with Crippen LogP contribution in [0.15, 0.2) is 35.3 Å². The molecular weight excluding hydrogens is 204 g/mol. The van der Waals surface area contributed by atoms with E-state index in [4.69, 9.17) is 10.00 Å². The van der Waals surface area contributed by atoms with Crippen LogP contribution in [0.3, 0.4) is 0 Å². The minimum atomic E-state index is -0.944. The number of rotatable bonds is 4. The number of para-hydroxylation sites is 1. The largest absolute Gasteiger partial charge is 0.465 e. The van der Waals surface area contributed by atoms with E-state index in [0.717, 1.165) is 0 Å². The molecule has 0 aliphatic heterocycles. The number of hydrogen-bond donors (Lipinski definition) is 0. The number of benzene rings is 1. The highest BCUT2D eigenvalue weighted by molar-refractivity contribution is 5.93. The summed E-state index contributed by atoms with van der Waals surface area (Å²) in [6, 6.07) is 10.9. The molecular formula is C12H12N2O2. The third kappa shape index (κ3) is 3.54. The van der Waals surface area contributed by atoms with Crippen molar-refractivity contribution in [1.82, 2.24) is 0 Å². The molecule has 0 aliphatic carbocycles. The van der Waals surface area contributed by atoms with Crippen LogP contribution in [-0.2, 0) is 9.53 Å². The summed E-state index contributed by atoms with van der Waals surface area (Å²) >= 11 is 0. The van der Waals surface area contributed by atoms with Gasteiger partial charge in [-0.1, -0.05) is 18.2 Å². The zero-order chi connectivity index (χ0) is 11.8. The standard InChI is InChI=1S/C12H12N2O2/c1-2-16-12(15)10(8-13)9-14-11-6-4-3-5-7-11/h3-7,9-10H,2H2,1H3/t10-/m0/s1. The maximum Gasteiger partial charge on any atom is 0.328 e. The Hall–Kier alpha value is -2.15. The van der Waals surface area contributed by atoms with Gasteiger partial charge in [0.15, 0.2) is 5.92 Å². The minimum absolute atomic E-state index is 0.260. The summed E-state index contributed by atoms with van der Waals surface area (Å²) in [5.74, 6) is -1.51. The van der Waals surface area contributed by atoms with Gasteiger partial charge in [0.05, 0.1) is 18.4 Å². The fraction of sp³-hybridized carbons (Fsp3) is 0.250. The van der Waals surface area contributed by atoms with Gasteiger partial charge in [0, 0.05) is 6.21 Å². The lowest BCUT2D eigenvalue weighted by molar-refractivity contribution is -0.143. The molecule has 0 spiro atoms. The van der Waals surface area contributed by atoms with Crippen LogP contribution in [-0.4, -0.2) is 18.8 Å². The van der Waals surface area contributed by atoms with Crippen LogP contribution in [0.2, 0.25) is 0 Å². The molecule has 0 unspecified atom stereocenters. The average Bonchev–Trinajstić information content (AvgIpc) is 2.31. The van der Waals surface area contributed by atoms with Gasteiger partial charge in [-0.2, -0.15) is 5.26 Å². The molecule has 0 aliphatic rings. The van der Waals surface area contributed by atoms with E-state index in [-0.39, 0.29) is 6.61 Å². The Morgan fingerprint density at radius 3 is 2.81 bits per heavy atom. The van der Waals surface area contributed by atoms with E-state index in [9.17, 15) is 4.79 Å². The summed E-state index contributed by atoms with van der Waals surface area (Å²) in [6.45, 7) is 1.96. The van der Waals surface area contributed by atoms with Crippen LogP contribution in [0.1, 0.15) is 6.92 Å². The lowest BCUT2D eigenvalue weighted by Gasteiger charge is -2.02. The molecule has 1 aromatic rings. The predicted molar refractivity (Wildman–Crippen MR) is 60.3 cm³/mol. The molecule has 82 valence electrons. The summed E-state index contributed by atoms with van der Waals surface area (Å²) < 4.78 is 4.73. The number of hydrogen-bond acceptors (Lipinski definition) is 4. The number of ether oxygens (including phenoxy) is 1. The molecule has 1 atom stereocenters. The monoisotopic (exact) mass is 216 g/mol. The summed E-state index contributed by atoms with van der Waals surface area (Å²) in [5, 5.41) is 8.76. The molecule has 4 nitrogen and oxygen atoms in total. The molecule has 0 heterocycles. The number of carbonyl (C=O) groups excluding carboxylic acids is 1. The molecule has 16 heavy (non-hydrogen) atoms. The van der Waals surface area contributed by atoms with Gasteiger partial charge in [0.25, 0.3) is 0 Å². The maximum atomic E-state index is 11.3. The molecule has 0 N–H and O–H groups in total. The topological polar surface area (TPSA) is 62.5 Å². The number of carbonyl (C=O) groups is 1. The molecule has 0 aromatic heterocycles. The first-order valence-electron chi connectivity index (χ1n) is 4.93. The summed E-state index contributed by atoms with van der Waals surface area (Å²) in [4.78, 5) is 15.3. The fourth-order valence-corrected chi connectivity index (χ4v) is 1.05. The number of aliphatic imine (C=N–C) groups is 1. The van der Waals surface area contributed by atoms with Crippen molar-refractivity contribution in [3.63, 3.8) is 0 Å². The van der Waals surface area contributed by atoms with Crippen molar-refractivity contribution in [3.8, 4) is 6.07 Å². The van der Waals surface area contributed by atoms with Gasteiger partial charge in [-0.05, 0) is 19.1 Å². The molecule has 0 fully saturated rings. The van der Waals surface area contributed by atoms with Crippen molar-refractivity contribution in [3.05, 3.63) is 30.3 Å². The Kier molecular flexibility index (Phi) is 4.74. The fourth-order valence-electron chi connectivity index (χ4n) is 1.05. The highest BCUT2D eigenvalue weighted by atomic mass is 16.5. The molecule has 0 bridgehead atoms. The van der Waals surface area contributed by atoms with Gasteiger partial charge in [-0.25, -0.2) is 0 Å². The third-order valence-corrected chi connectivity index (χ3v) is 1.81. The molecule has 1 aromatic carbocycles. The van der Waals surface area contributed by atoms with Crippen LogP contribution in [0, 0.1) is 17.2 Å². The number of nitriles is 1. The van der Waals surface area contributed by atoms with Crippen molar-refractivity contribution in [2.75, 3.05) is 6.61 Å². The summed E-state index contributed by atoms with van der Waals surface area (Å²) in [5.41, 5.74) is 0.701. The van der Waals surface area contributed by atoms with E-state index in [2.05, 4.69) is 4.99 Å². The Bertz CT molecular complexity index is 407. The van der Waals surface area contributed by atoms with Crippen molar-refractivity contribution < 1.29 is 9.53 Å².